The van der Waals surface area contributed by atoms with Gasteiger partial charge < -0.3 is 15.4 Å². The van der Waals surface area contributed by atoms with E-state index in [1.165, 1.54) is 18.4 Å². The first-order valence-corrected chi connectivity index (χ1v) is 8.68. The van der Waals surface area contributed by atoms with E-state index in [4.69, 9.17) is 0 Å². The maximum absolute atomic E-state index is 12.5. The summed E-state index contributed by atoms with van der Waals surface area (Å²) in [4.78, 5) is 28.5. The Kier molecular flexibility index (Phi) is 5.10. The first-order valence-electron chi connectivity index (χ1n) is 7.80. The summed E-state index contributed by atoms with van der Waals surface area (Å²) in [6, 6.07) is 8.78. The Bertz CT molecular complexity index is 713. The van der Waals surface area contributed by atoms with E-state index in [1.807, 2.05) is 35.7 Å². The predicted octanol–water partition coefficient (Wildman–Crippen LogP) is 2.93. The van der Waals surface area contributed by atoms with Crippen LogP contribution in [-0.2, 0) is 16.0 Å². The third-order valence-electron chi connectivity index (χ3n) is 3.82. The van der Waals surface area contributed by atoms with Crippen LogP contribution in [0.1, 0.15) is 30.0 Å². The number of thiazole rings is 1. The highest BCUT2D eigenvalue weighted by molar-refractivity contribution is 7.13. The number of nitrogens with zero attached hydrogens (tertiary/aromatic N) is 1. The van der Waals surface area contributed by atoms with Gasteiger partial charge in [0.25, 0.3) is 0 Å². The van der Waals surface area contributed by atoms with E-state index in [9.17, 15) is 9.59 Å². The van der Waals surface area contributed by atoms with Gasteiger partial charge in [0.15, 0.2) is 5.13 Å². The number of amides is 2. The summed E-state index contributed by atoms with van der Waals surface area (Å²) in [5.74, 6) is 0.237. The number of carbonyl (C=O) groups excluding carboxylic acids is 2. The summed E-state index contributed by atoms with van der Waals surface area (Å²) < 4.78 is 4.62. The molecule has 1 saturated carbocycles. The highest BCUT2D eigenvalue weighted by Gasteiger charge is 2.27. The Labute approximate surface area is 144 Å². The second kappa shape index (κ2) is 7.44. The molecular formula is C17H19N3O3S. The predicted molar refractivity (Wildman–Crippen MR) is 92.2 cm³/mol. The van der Waals surface area contributed by atoms with Crippen molar-refractivity contribution in [3.63, 3.8) is 0 Å². The Hall–Kier alpha value is -2.41. The van der Waals surface area contributed by atoms with Crippen LogP contribution in [0.15, 0.2) is 35.7 Å². The second-order valence-corrected chi connectivity index (χ2v) is 6.58. The minimum Gasteiger partial charge on any atom is -0.453 e. The fourth-order valence-corrected chi connectivity index (χ4v) is 3.16. The van der Waals surface area contributed by atoms with Crippen molar-refractivity contribution in [2.75, 3.05) is 12.4 Å². The first-order chi connectivity index (χ1) is 11.7. The van der Waals surface area contributed by atoms with Crippen molar-refractivity contribution in [1.29, 1.82) is 0 Å². The summed E-state index contributed by atoms with van der Waals surface area (Å²) in [5.41, 5.74) is 1.99. The molecule has 2 N–H and O–H groups in total. The molecule has 2 amide bonds. The second-order valence-electron chi connectivity index (χ2n) is 5.72. The molecule has 6 nitrogen and oxygen atoms in total. The standard InChI is InChI=1S/C17H19N3O3S/c1-23-17(22)19-13(9-11-5-3-2-4-6-11)15(21)20-16-18-14(10-24-16)12-7-8-12/h2-6,10,12-13H,7-9H2,1H3,(H,19,22)(H,18,20,21). The number of ether oxygens (including phenoxy) is 1. The normalized spacial score (nSPS) is 14.7. The molecule has 3 rings (SSSR count). The largest absolute Gasteiger partial charge is 0.453 e. The number of rotatable bonds is 6. The minimum absolute atomic E-state index is 0.305. The van der Waals surface area contributed by atoms with Gasteiger partial charge in [-0.3, -0.25) is 4.79 Å². The first kappa shape index (κ1) is 16.4. The molecule has 0 aliphatic heterocycles. The molecule has 0 bridgehead atoms. The van der Waals surface area contributed by atoms with Crippen molar-refractivity contribution < 1.29 is 14.3 Å². The molecule has 0 saturated heterocycles. The number of anilines is 1. The molecule has 24 heavy (non-hydrogen) atoms. The Morgan fingerprint density at radius 1 is 1.33 bits per heavy atom. The molecule has 1 aliphatic carbocycles. The van der Waals surface area contributed by atoms with Crippen molar-refractivity contribution >= 4 is 28.5 Å². The molecule has 1 unspecified atom stereocenters. The fraction of sp³-hybridized carbons (Fsp3) is 0.353. The van der Waals surface area contributed by atoms with Crippen LogP contribution in [-0.4, -0.2) is 30.1 Å². The number of methoxy groups -OCH3 is 1. The van der Waals surface area contributed by atoms with E-state index < -0.39 is 12.1 Å². The lowest BCUT2D eigenvalue weighted by atomic mass is 10.1. The highest BCUT2D eigenvalue weighted by Crippen LogP contribution is 2.40. The van der Waals surface area contributed by atoms with E-state index in [-0.39, 0.29) is 5.91 Å². The van der Waals surface area contributed by atoms with Gasteiger partial charge >= 0.3 is 6.09 Å². The number of benzene rings is 1. The zero-order valence-electron chi connectivity index (χ0n) is 13.3. The Balaban J connectivity index is 1.67. The number of hydrogen-bond donors (Lipinski definition) is 2. The molecule has 0 radical (unpaired) electrons. The third-order valence-corrected chi connectivity index (χ3v) is 4.60. The molecule has 1 aliphatic rings. The lowest BCUT2D eigenvalue weighted by Crippen LogP contribution is -2.45. The van der Waals surface area contributed by atoms with Crippen molar-refractivity contribution in [2.24, 2.45) is 0 Å². The summed E-state index contributed by atoms with van der Waals surface area (Å²) in [6.07, 6.45) is 2.07. The lowest BCUT2D eigenvalue weighted by Gasteiger charge is -2.17. The fourth-order valence-electron chi connectivity index (χ4n) is 2.36. The summed E-state index contributed by atoms with van der Waals surface area (Å²) >= 11 is 1.41. The third kappa shape index (κ3) is 4.32. The van der Waals surface area contributed by atoms with Gasteiger partial charge in [0, 0.05) is 17.7 Å². The molecule has 1 aromatic carbocycles. The quantitative estimate of drug-likeness (QED) is 0.843. The molecule has 1 fully saturated rings. The van der Waals surface area contributed by atoms with E-state index in [1.54, 1.807) is 0 Å². The maximum atomic E-state index is 12.5. The molecule has 1 aromatic heterocycles. The summed E-state index contributed by atoms with van der Waals surface area (Å²) in [5, 5.41) is 7.91. The number of nitrogens with one attached hydrogen (secondary N) is 2. The average molecular weight is 345 g/mol. The topological polar surface area (TPSA) is 80.3 Å². The zero-order valence-corrected chi connectivity index (χ0v) is 14.1. The van der Waals surface area contributed by atoms with Gasteiger partial charge in [-0.15, -0.1) is 11.3 Å². The van der Waals surface area contributed by atoms with Crippen molar-refractivity contribution in [2.45, 2.75) is 31.2 Å². The molecular weight excluding hydrogens is 326 g/mol. The number of hydrogen-bond acceptors (Lipinski definition) is 5. The average Bonchev–Trinajstić information content (AvgIpc) is 3.35. The number of aromatic nitrogens is 1. The lowest BCUT2D eigenvalue weighted by molar-refractivity contribution is -0.118. The van der Waals surface area contributed by atoms with E-state index in [0.29, 0.717) is 17.5 Å². The maximum Gasteiger partial charge on any atom is 0.407 e. The minimum atomic E-state index is -0.729. The SMILES string of the molecule is COC(=O)NC(Cc1ccccc1)C(=O)Nc1nc(C2CC2)cs1. The van der Waals surface area contributed by atoms with E-state index in [2.05, 4.69) is 20.4 Å². The summed E-state index contributed by atoms with van der Waals surface area (Å²) in [6.45, 7) is 0. The van der Waals surface area contributed by atoms with Gasteiger partial charge in [0.05, 0.1) is 12.8 Å². The van der Waals surface area contributed by atoms with Crippen LogP contribution in [0.2, 0.25) is 0 Å². The van der Waals surface area contributed by atoms with Crippen LogP contribution in [0.5, 0.6) is 0 Å². The monoisotopic (exact) mass is 345 g/mol. The summed E-state index contributed by atoms with van der Waals surface area (Å²) in [7, 11) is 1.27. The Morgan fingerprint density at radius 3 is 2.75 bits per heavy atom. The van der Waals surface area contributed by atoms with Crippen LogP contribution in [0, 0.1) is 0 Å². The van der Waals surface area contributed by atoms with Crippen molar-refractivity contribution in [3.8, 4) is 0 Å². The molecule has 1 atom stereocenters. The van der Waals surface area contributed by atoms with Crippen LogP contribution in [0.4, 0.5) is 9.93 Å². The Morgan fingerprint density at radius 2 is 2.08 bits per heavy atom. The molecule has 2 aromatic rings. The van der Waals surface area contributed by atoms with Crippen LogP contribution >= 0.6 is 11.3 Å². The van der Waals surface area contributed by atoms with Crippen LogP contribution in [0.3, 0.4) is 0 Å². The molecule has 126 valence electrons. The van der Waals surface area contributed by atoms with E-state index in [0.717, 1.165) is 24.1 Å². The van der Waals surface area contributed by atoms with Gasteiger partial charge in [-0.25, -0.2) is 9.78 Å². The molecule has 7 heteroatoms. The zero-order chi connectivity index (χ0) is 16.9. The van der Waals surface area contributed by atoms with Crippen molar-refractivity contribution in [3.05, 3.63) is 47.0 Å². The highest BCUT2D eigenvalue weighted by atomic mass is 32.1. The molecule has 1 heterocycles. The van der Waals surface area contributed by atoms with Gasteiger partial charge in [0.1, 0.15) is 6.04 Å². The molecule has 0 spiro atoms. The number of alkyl carbamates (subject to hydrolysis) is 1. The van der Waals surface area contributed by atoms with Crippen molar-refractivity contribution in [1.82, 2.24) is 10.3 Å². The van der Waals surface area contributed by atoms with E-state index >= 15 is 0 Å². The van der Waals surface area contributed by atoms with Gasteiger partial charge in [0.2, 0.25) is 5.91 Å². The number of carbonyl (C=O) groups is 2. The van der Waals surface area contributed by atoms with Gasteiger partial charge in [-0.1, -0.05) is 30.3 Å². The van der Waals surface area contributed by atoms with Gasteiger partial charge in [-0.2, -0.15) is 0 Å². The van der Waals surface area contributed by atoms with Gasteiger partial charge in [-0.05, 0) is 18.4 Å². The smallest absolute Gasteiger partial charge is 0.407 e. The van der Waals surface area contributed by atoms with Crippen LogP contribution < -0.4 is 10.6 Å². The van der Waals surface area contributed by atoms with Crippen LogP contribution in [0.25, 0.3) is 0 Å².